The van der Waals surface area contributed by atoms with Crippen LogP contribution in [0.25, 0.3) is 0 Å². The van der Waals surface area contributed by atoms with Gasteiger partial charge in [-0.2, -0.15) is 0 Å². The van der Waals surface area contributed by atoms with Gasteiger partial charge in [0, 0.05) is 24.2 Å². The van der Waals surface area contributed by atoms with Crippen molar-refractivity contribution >= 4 is 29.1 Å². The maximum atomic E-state index is 13.3. The van der Waals surface area contributed by atoms with Crippen LogP contribution < -0.4 is 5.32 Å². The highest BCUT2D eigenvalue weighted by Crippen LogP contribution is 2.56. The molecule has 3 aliphatic rings. The molecule has 32 heavy (non-hydrogen) atoms. The first kappa shape index (κ1) is 20.4. The van der Waals surface area contributed by atoms with E-state index in [1.165, 1.54) is 29.2 Å². The molecule has 8 heteroatoms. The summed E-state index contributed by atoms with van der Waals surface area (Å²) in [6.45, 7) is 0. The van der Waals surface area contributed by atoms with Crippen LogP contribution >= 0.6 is 0 Å². The Bertz CT molecular complexity index is 1060. The minimum Gasteiger partial charge on any atom is -0.324 e. The lowest BCUT2D eigenvalue weighted by atomic mass is 9.81. The third kappa shape index (κ3) is 3.36. The fourth-order valence-corrected chi connectivity index (χ4v) is 5.77. The second-order valence-corrected chi connectivity index (χ2v) is 8.93. The van der Waals surface area contributed by atoms with Gasteiger partial charge in [-0.25, -0.2) is 0 Å². The van der Waals surface area contributed by atoms with E-state index in [2.05, 4.69) is 5.32 Å². The van der Waals surface area contributed by atoms with E-state index in [4.69, 9.17) is 0 Å². The number of nitro groups is 1. The minimum atomic E-state index is -0.974. The molecule has 3 fully saturated rings. The molecule has 3 amide bonds. The molecule has 2 saturated carbocycles. The van der Waals surface area contributed by atoms with E-state index in [9.17, 15) is 24.5 Å². The molecular formula is C24H23N3O5. The Hall–Kier alpha value is -3.55. The van der Waals surface area contributed by atoms with Gasteiger partial charge in [0.1, 0.15) is 6.04 Å². The number of carbonyl (C=O) groups is 3. The average Bonchev–Trinajstić information content (AvgIpc) is 3.47. The summed E-state index contributed by atoms with van der Waals surface area (Å²) >= 11 is 0. The number of rotatable bonds is 6. The van der Waals surface area contributed by atoms with E-state index >= 15 is 0 Å². The maximum Gasteiger partial charge on any atom is 0.269 e. The van der Waals surface area contributed by atoms with Gasteiger partial charge in [-0.1, -0.05) is 30.3 Å². The third-order valence-electron chi connectivity index (χ3n) is 7.19. The number of nitrogens with one attached hydrogen (secondary N) is 1. The molecule has 0 spiro atoms. The molecular weight excluding hydrogens is 410 g/mol. The molecule has 8 nitrogen and oxygen atoms in total. The Morgan fingerprint density at radius 1 is 1.00 bits per heavy atom. The van der Waals surface area contributed by atoms with Gasteiger partial charge >= 0.3 is 0 Å². The number of anilines is 1. The van der Waals surface area contributed by atoms with Gasteiger partial charge in [-0.3, -0.25) is 29.4 Å². The van der Waals surface area contributed by atoms with Crippen molar-refractivity contribution in [3.63, 3.8) is 0 Å². The van der Waals surface area contributed by atoms with Crippen LogP contribution in [0.4, 0.5) is 11.4 Å². The van der Waals surface area contributed by atoms with Crippen LogP contribution in [0.1, 0.15) is 24.8 Å². The normalized spacial score (nSPS) is 26.8. The number of non-ortho nitro benzene ring substituents is 1. The molecule has 5 unspecified atom stereocenters. The zero-order valence-electron chi connectivity index (χ0n) is 17.3. The summed E-state index contributed by atoms with van der Waals surface area (Å²) in [5.41, 5.74) is 1.13. The smallest absolute Gasteiger partial charge is 0.269 e. The molecule has 164 valence electrons. The highest BCUT2D eigenvalue weighted by atomic mass is 16.6. The summed E-state index contributed by atoms with van der Waals surface area (Å²) in [6, 6.07) is 13.8. The van der Waals surface area contributed by atoms with Gasteiger partial charge in [0.05, 0.1) is 16.8 Å². The third-order valence-corrected chi connectivity index (χ3v) is 7.19. The first-order valence-corrected chi connectivity index (χ1v) is 10.9. The van der Waals surface area contributed by atoms with Gasteiger partial charge in [-0.15, -0.1) is 0 Å². The first-order chi connectivity index (χ1) is 15.4. The monoisotopic (exact) mass is 433 g/mol. The summed E-state index contributed by atoms with van der Waals surface area (Å²) in [4.78, 5) is 51.6. The molecule has 1 N–H and O–H groups in total. The number of fused-ring (bicyclic) bond motifs is 5. The van der Waals surface area contributed by atoms with Crippen molar-refractivity contribution in [3.8, 4) is 0 Å². The number of imide groups is 1. The van der Waals surface area contributed by atoms with Crippen molar-refractivity contribution < 1.29 is 19.3 Å². The van der Waals surface area contributed by atoms with Crippen LogP contribution in [0.5, 0.6) is 0 Å². The van der Waals surface area contributed by atoms with E-state index in [0.29, 0.717) is 5.69 Å². The fraction of sp³-hybridized carbons (Fsp3) is 0.375. The molecule has 1 saturated heterocycles. The quantitative estimate of drug-likeness (QED) is 0.427. The number of carbonyl (C=O) groups excluding carboxylic acids is 3. The number of hydrogen-bond donors (Lipinski definition) is 1. The summed E-state index contributed by atoms with van der Waals surface area (Å²) in [5, 5.41) is 13.6. The van der Waals surface area contributed by atoms with Gasteiger partial charge in [0.15, 0.2) is 0 Å². The Balaban J connectivity index is 1.43. The van der Waals surface area contributed by atoms with Gasteiger partial charge in [0.25, 0.3) is 5.69 Å². The zero-order chi connectivity index (χ0) is 22.4. The Morgan fingerprint density at radius 2 is 1.59 bits per heavy atom. The van der Waals surface area contributed by atoms with Crippen molar-refractivity contribution in [1.82, 2.24) is 4.90 Å². The Labute approximate surface area is 184 Å². The van der Waals surface area contributed by atoms with Crippen molar-refractivity contribution in [2.45, 2.75) is 31.7 Å². The minimum absolute atomic E-state index is 0.0861. The van der Waals surface area contributed by atoms with Crippen LogP contribution in [0.15, 0.2) is 54.6 Å². The molecule has 0 radical (unpaired) electrons. The van der Waals surface area contributed by atoms with Crippen LogP contribution in [-0.4, -0.2) is 33.6 Å². The highest BCUT2D eigenvalue weighted by molar-refractivity contribution is 6.10. The lowest BCUT2D eigenvalue weighted by Crippen LogP contribution is -2.49. The summed E-state index contributed by atoms with van der Waals surface area (Å²) in [7, 11) is 0. The van der Waals surface area contributed by atoms with E-state index in [-0.39, 0.29) is 47.6 Å². The van der Waals surface area contributed by atoms with E-state index in [0.717, 1.165) is 24.8 Å². The molecule has 5 rings (SSSR count). The number of hydrogen-bond acceptors (Lipinski definition) is 5. The molecule has 2 aliphatic carbocycles. The van der Waals surface area contributed by atoms with E-state index < -0.39 is 16.9 Å². The second-order valence-electron chi connectivity index (χ2n) is 8.93. The predicted molar refractivity (Wildman–Crippen MR) is 115 cm³/mol. The summed E-state index contributed by atoms with van der Waals surface area (Å²) in [5.74, 6) is -1.06. The molecule has 0 aromatic heterocycles. The van der Waals surface area contributed by atoms with Crippen LogP contribution in [0.2, 0.25) is 0 Å². The second kappa shape index (κ2) is 7.85. The largest absolute Gasteiger partial charge is 0.324 e. The summed E-state index contributed by atoms with van der Waals surface area (Å²) in [6.07, 6.45) is 3.08. The van der Waals surface area contributed by atoms with Crippen molar-refractivity contribution in [2.75, 3.05) is 5.32 Å². The predicted octanol–water partition coefficient (Wildman–Crippen LogP) is 3.18. The number of nitrogens with zero attached hydrogens (tertiary/aromatic N) is 2. The average molecular weight is 433 g/mol. The van der Waals surface area contributed by atoms with Gasteiger partial charge in [0.2, 0.25) is 17.7 Å². The van der Waals surface area contributed by atoms with Gasteiger partial charge < -0.3 is 5.32 Å². The summed E-state index contributed by atoms with van der Waals surface area (Å²) < 4.78 is 0. The first-order valence-electron chi connectivity index (χ1n) is 10.9. The van der Waals surface area contributed by atoms with Crippen molar-refractivity contribution in [3.05, 3.63) is 70.3 Å². The molecule has 2 aromatic rings. The number of benzene rings is 2. The van der Waals surface area contributed by atoms with Crippen LogP contribution in [-0.2, 0) is 20.8 Å². The Kier molecular flexibility index (Phi) is 5.00. The molecule has 1 aliphatic heterocycles. The molecule has 2 aromatic carbocycles. The maximum absolute atomic E-state index is 13.3. The molecule has 2 bridgehead atoms. The van der Waals surface area contributed by atoms with E-state index in [1.807, 2.05) is 30.3 Å². The lowest BCUT2D eigenvalue weighted by molar-refractivity contribution is -0.384. The van der Waals surface area contributed by atoms with Gasteiger partial charge in [-0.05, 0) is 48.8 Å². The number of nitro benzene ring substituents is 1. The number of likely N-dealkylation sites (tertiary alicyclic amines) is 1. The van der Waals surface area contributed by atoms with Crippen molar-refractivity contribution in [1.29, 1.82) is 0 Å². The standard InChI is InChI=1S/C24H23N3O5/c28-22(25-17-8-10-18(11-9-17)27(31)32)19(12-14-4-2-1-3-5-14)26-23(29)20-15-6-7-16(13-15)21(20)24(26)30/h1-5,8-11,15-16,19-21H,6-7,12-13H2,(H,25,28). The fourth-order valence-electron chi connectivity index (χ4n) is 5.77. The van der Waals surface area contributed by atoms with Crippen LogP contribution in [0.3, 0.4) is 0 Å². The number of amides is 3. The molecule has 5 atom stereocenters. The molecule has 1 heterocycles. The SMILES string of the molecule is O=C(Nc1ccc([N+](=O)[O-])cc1)C(Cc1ccccc1)N1C(=O)C2C3CCC(C3)C2C1=O. The highest BCUT2D eigenvalue weighted by Gasteiger charge is 2.62. The van der Waals surface area contributed by atoms with Crippen LogP contribution in [0, 0.1) is 33.8 Å². The Morgan fingerprint density at radius 3 is 2.16 bits per heavy atom. The van der Waals surface area contributed by atoms with E-state index in [1.54, 1.807) is 0 Å². The zero-order valence-corrected chi connectivity index (χ0v) is 17.3. The van der Waals surface area contributed by atoms with Crippen molar-refractivity contribution in [2.24, 2.45) is 23.7 Å². The topological polar surface area (TPSA) is 110 Å². The lowest BCUT2D eigenvalue weighted by Gasteiger charge is -2.27.